The summed E-state index contributed by atoms with van der Waals surface area (Å²) in [6, 6.07) is 8.46. The van der Waals surface area contributed by atoms with Gasteiger partial charge in [0.05, 0.1) is 5.56 Å². The molecule has 1 aromatic carbocycles. The Hall–Kier alpha value is -2.57. The van der Waals surface area contributed by atoms with Gasteiger partial charge < -0.3 is 10.1 Å². The lowest BCUT2D eigenvalue weighted by Crippen LogP contribution is -2.32. The second kappa shape index (κ2) is 8.00. The number of rotatable bonds is 6. The molecule has 0 fully saturated rings. The van der Waals surface area contributed by atoms with Gasteiger partial charge in [0.25, 0.3) is 5.91 Å². The fourth-order valence-electron chi connectivity index (χ4n) is 2.22. The maximum absolute atomic E-state index is 12.5. The van der Waals surface area contributed by atoms with Crippen LogP contribution < -0.4 is 10.1 Å². The molecule has 0 radical (unpaired) electrons. The van der Waals surface area contributed by atoms with Crippen LogP contribution in [0.25, 0.3) is 0 Å². The van der Waals surface area contributed by atoms with Crippen molar-refractivity contribution < 1.29 is 22.7 Å². The molecule has 2 aromatic rings. The van der Waals surface area contributed by atoms with Gasteiger partial charge in [-0.05, 0) is 43.7 Å². The average Bonchev–Trinajstić information content (AvgIpc) is 2.55. The molecule has 0 bridgehead atoms. The molecule has 0 saturated carbocycles. The lowest BCUT2D eigenvalue weighted by atomic mass is 10.1. The van der Waals surface area contributed by atoms with Crippen molar-refractivity contribution in [2.75, 3.05) is 0 Å². The molecule has 2 rings (SSSR count). The first-order chi connectivity index (χ1) is 11.8. The second-order valence-electron chi connectivity index (χ2n) is 5.67. The standard InChI is InChI=1S/C18H19F3N2O2/c1-3-4-12(2)23-17(24)13-5-8-15(9-6-13)25-16-10-7-14(11-22-16)18(19,20)21/h5-12H,3-4H2,1-2H3,(H,23,24). The highest BCUT2D eigenvalue weighted by Crippen LogP contribution is 2.30. The Morgan fingerprint density at radius 1 is 1.20 bits per heavy atom. The summed E-state index contributed by atoms with van der Waals surface area (Å²) >= 11 is 0. The summed E-state index contributed by atoms with van der Waals surface area (Å²) < 4.78 is 42.8. The number of carbonyl (C=O) groups excluding carboxylic acids is 1. The first-order valence-electron chi connectivity index (χ1n) is 7.91. The summed E-state index contributed by atoms with van der Waals surface area (Å²) in [5, 5.41) is 2.89. The van der Waals surface area contributed by atoms with Gasteiger partial charge in [-0.3, -0.25) is 4.79 Å². The largest absolute Gasteiger partial charge is 0.439 e. The van der Waals surface area contributed by atoms with Crippen molar-refractivity contribution >= 4 is 5.91 Å². The molecule has 0 spiro atoms. The molecule has 134 valence electrons. The summed E-state index contributed by atoms with van der Waals surface area (Å²) in [7, 11) is 0. The highest BCUT2D eigenvalue weighted by atomic mass is 19.4. The maximum Gasteiger partial charge on any atom is 0.417 e. The highest BCUT2D eigenvalue weighted by molar-refractivity contribution is 5.94. The zero-order chi connectivity index (χ0) is 18.4. The normalized spacial score (nSPS) is 12.5. The number of alkyl halides is 3. The van der Waals surface area contributed by atoms with E-state index in [0.717, 1.165) is 25.0 Å². The predicted molar refractivity (Wildman–Crippen MR) is 87.6 cm³/mol. The van der Waals surface area contributed by atoms with E-state index in [9.17, 15) is 18.0 Å². The molecular formula is C18H19F3N2O2. The molecular weight excluding hydrogens is 333 g/mol. The van der Waals surface area contributed by atoms with Gasteiger partial charge in [-0.25, -0.2) is 4.98 Å². The molecule has 1 unspecified atom stereocenters. The van der Waals surface area contributed by atoms with Gasteiger partial charge in [0.15, 0.2) is 0 Å². The van der Waals surface area contributed by atoms with Crippen LogP contribution in [0.1, 0.15) is 42.6 Å². The number of hydrogen-bond donors (Lipinski definition) is 1. The first-order valence-corrected chi connectivity index (χ1v) is 7.91. The number of ether oxygens (including phenoxy) is 1. The number of amides is 1. The molecule has 1 heterocycles. The van der Waals surface area contributed by atoms with Crippen LogP contribution in [-0.2, 0) is 6.18 Å². The van der Waals surface area contributed by atoms with Gasteiger partial charge in [0.2, 0.25) is 5.88 Å². The molecule has 0 aliphatic heterocycles. The minimum atomic E-state index is -4.44. The summed E-state index contributed by atoms with van der Waals surface area (Å²) in [5.74, 6) is 0.243. The van der Waals surface area contributed by atoms with Crippen molar-refractivity contribution in [2.24, 2.45) is 0 Å². The minimum Gasteiger partial charge on any atom is -0.439 e. The molecule has 1 aromatic heterocycles. The fraction of sp³-hybridized carbons (Fsp3) is 0.333. The van der Waals surface area contributed by atoms with Crippen LogP contribution in [-0.4, -0.2) is 16.9 Å². The van der Waals surface area contributed by atoms with Crippen molar-refractivity contribution in [2.45, 2.75) is 38.9 Å². The summed E-state index contributed by atoms with van der Waals surface area (Å²) in [6.07, 6.45) is -1.84. The van der Waals surface area contributed by atoms with E-state index in [4.69, 9.17) is 4.74 Å². The van der Waals surface area contributed by atoms with E-state index in [1.807, 2.05) is 13.8 Å². The van der Waals surface area contributed by atoms with Crippen LogP contribution in [0.2, 0.25) is 0 Å². The summed E-state index contributed by atoms with van der Waals surface area (Å²) in [5.41, 5.74) is -0.358. The Morgan fingerprint density at radius 3 is 2.40 bits per heavy atom. The molecule has 1 atom stereocenters. The van der Waals surface area contributed by atoms with Gasteiger partial charge >= 0.3 is 6.18 Å². The Kier molecular flexibility index (Phi) is 6.01. The van der Waals surface area contributed by atoms with E-state index in [2.05, 4.69) is 10.3 Å². The Morgan fingerprint density at radius 2 is 1.88 bits per heavy atom. The van der Waals surface area contributed by atoms with Crippen molar-refractivity contribution in [1.82, 2.24) is 10.3 Å². The van der Waals surface area contributed by atoms with Gasteiger partial charge in [-0.15, -0.1) is 0 Å². The number of hydrogen-bond acceptors (Lipinski definition) is 3. The molecule has 25 heavy (non-hydrogen) atoms. The third-order valence-corrected chi connectivity index (χ3v) is 3.50. The molecule has 1 amide bonds. The monoisotopic (exact) mass is 352 g/mol. The zero-order valence-electron chi connectivity index (χ0n) is 13.9. The van der Waals surface area contributed by atoms with Crippen LogP contribution in [0.4, 0.5) is 13.2 Å². The Bertz CT molecular complexity index is 698. The number of nitrogens with zero attached hydrogens (tertiary/aromatic N) is 1. The van der Waals surface area contributed by atoms with E-state index < -0.39 is 11.7 Å². The van der Waals surface area contributed by atoms with Crippen LogP contribution in [0.5, 0.6) is 11.6 Å². The summed E-state index contributed by atoms with van der Waals surface area (Å²) in [6.45, 7) is 3.99. The molecule has 0 aliphatic carbocycles. The third-order valence-electron chi connectivity index (χ3n) is 3.50. The maximum atomic E-state index is 12.5. The quantitative estimate of drug-likeness (QED) is 0.812. The third kappa shape index (κ3) is 5.48. The van der Waals surface area contributed by atoms with Crippen molar-refractivity contribution in [3.63, 3.8) is 0 Å². The Labute approximate surface area is 144 Å². The molecule has 0 saturated heterocycles. The van der Waals surface area contributed by atoms with Gasteiger partial charge in [-0.2, -0.15) is 13.2 Å². The number of halogens is 3. The zero-order valence-corrected chi connectivity index (χ0v) is 13.9. The van der Waals surface area contributed by atoms with Crippen LogP contribution >= 0.6 is 0 Å². The smallest absolute Gasteiger partial charge is 0.417 e. The van der Waals surface area contributed by atoms with Crippen LogP contribution in [0.15, 0.2) is 42.6 Å². The van der Waals surface area contributed by atoms with E-state index in [1.165, 1.54) is 0 Å². The Balaban J connectivity index is 1.99. The molecule has 0 aliphatic rings. The highest BCUT2D eigenvalue weighted by Gasteiger charge is 2.30. The topological polar surface area (TPSA) is 51.2 Å². The average molecular weight is 352 g/mol. The van der Waals surface area contributed by atoms with E-state index >= 15 is 0 Å². The lowest BCUT2D eigenvalue weighted by Gasteiger charge is -2.13. The van der Waals surface area contributed by atoms with Crippen molar-refractivity contribution in [3.8, 4) is 11.6 Å². The van der Waals surface area contributed by atoms with E-state index in [-0.39, 0.29) is 17.8 Å². The van der Waals surface area contributed by atoms with Crippen molar-refractivity contribution in [3.05, 3.63) is 53.7 Å². The number of pyridine rings is 1. The predicted octanol–water partition coefficient (Wildman–Crippen LogP) is 4.81. The SMILES string of the molecule is CCCC(C)NC(=O)c1ccc(Oc2ccc(C(F)(F)F)cn2)cc1. The van der Waals surface area contributed by atoms with E-state index in [0.29, 0.717) is 17.5 Å². The van der Waals surface area contributed by atoms with Gasteiger partial charge in [0, 0.05) is 23.9 Å². The minimum absolute atomic E-state index is 0.0433. The molecule has 1 N–H and O–H groups in total. The molecule has 7 heteroatoms. The van der Waals surface area contributed by atoms with Gasteiger partial charge in [-0.1, -0.05) is 13.3 Å². The number of nitrogens with one attached hydrogen (secondary N) is 1. The van der Waals surface area contributed by atoms with E-state index in [1.54, 1.807) is 24.3 Å². The molecule has 4 nitrogen and oxygen atoms in total. The van der Waals surface area contributed by atoms with Gasteiger partial charge in [0.1, 0.15) is 5.75 Å². The van der Waals surface area contributed by atoms with Crippen LogP contribution in [0.3, 0.4) is 0 Å². The number of aromatic nitrogens is 1. The van der Waals surface area contributed by atoms with Crippen LogP contribution in [0, 0.1) is 0 Å². The fourth-order valence-corrected chi connectivity index (χ4v) is 2.22. The lowest BCUT2D eigenvalue weighted by molar-refractivity contribution is -0.137. The summed E-state index contributed by atoms with van der Waals surface area (Å²) in [4.78, 5) is 15.7. The first kappa shape index (κ1) is 18.8. The van der Waals surface area contributed by atoms with Crippen molar-refractivity contribution in [1.29, 1.82) is 0 Å². The second-order valence-corrected chi connectivity index (χ2v) is 5.67. The number of benzene rings is 1. The number of carbonyl (C=O) groups is 1.